The van der Waals surface area contributed by atoms with Gasteiger partial charge in [0.1, 0.15) is 11.5 Å². The van der Waals surface area contributed by atoms with E-state index in [9.17, 15) is 5.11 Å². The number of hydrogen-bond acceptors (Lipinski definition) is 3. The maximum Gasteiger partial charge on any atom is 0.123 e. The molecule has 2 atom stereocenters. The highest BCUT2D eigenvalue weighted by molar-refractivity contribution is 5.36. The number of methoxy groups -OCH3 is 1. The minimum Gasteiger partial charge on any atom is -0.508 e. The molecular formula is C18H23NO2. The molecule has 3 nitrogen and oxygen atoms in total. The normalized spacial score (nSPS) is 13.7. The molecule has 0 saturated heterocycles. The van der Waals surface area contributed by atoms with E-state index in [2.05, 4.69) is 25.2 Å². The lowest BCUT2D eigenvalue weighted by Gasteiger charge is -2.24. The van der Waals surface area contributed by atoms with Crippen LogP contribution in [0.15, 0.2) is 48.5 Å². The fraction of sp³-hybridized carbons (Fsp3) is 0.333. The lowest BCUT2D eigenvalue weighted by molar-refractivity contribution is 0.388. The summed E-state index contributed by atoms with van der Waals surface area (Å²) < 4.78 is 5.45. The van der Waals surface area contributed by atoms with Crippen molar-refractivity contribution in [3.8, 4) is 11.5 Å². The van der Waals surface area contributed by atoms with E-state index in [-0.39, 0.29) is 12.1 Å². The van der Waals surface area contributed by atoms with Gasteiger partial charge in [-0.3, -0.25) is 0 Å². The molecule has 2 unspecified atom stereocenters. The summed E-state index contributed by atoms with van der Waals surface area (Å²) >= 11 is 0. The molecule has 0 saturated carbocycles. The number of rotatable bonds is 6. The van der Waals surface area contributed by atoms with Crippen molar-refractivity contribution < 1.29 is 9.84 Å². The van der Waals surface area contributed by atoms with Crippen molar-refractivity contribution in [3.05, 3.63) is 59.7 Å². The molecule has 0 aromatic heterocycles. The van der Waals surface area contributed by atoms with Crippen molar-refractivity contribution in [1.82, 2.24) is 5.32 Å². The summed E-state index contributed by atoms with van der Waals surface area (Å²) in [6, 6.07) is 15.8. The minimum absolute atomic E-state index is 0.145. The Balaban J connectivity index is 2.19. The number of phenols is 1. The zero-order valence-electron chi connectivity index (χ0n) is 12.8. The summed E-state index contributed by atoms with van der Waals surface area (Å²) in [6.07, 6.45) is 0.962. The molecule has 0 fully saturated rings. The van der Waals surface area contributed by atoms with Gasteiger partial charge in [-0.1, -0.05) is 37.3 Å². The minimum atomic E-state index is 0.145. The smallest absolute Gasteiger partial charge is 0.123 e. The van der Waals surface area contributed by atoms with Crippen LogP contribution in [-0.2, 0) is 0 Å². The third kappa shape index (κ3) is 3.76. The van der Waals surface area contributed by atoms with E-state index >= 15 is 0 Å². The molecule has 0 amide bonds. The molecule has 0 aliphatic rings. The van der Waals surface area contributed by atoms with Crippen molar-refractivity contribution >= 4 is 0 Å². The highest BCUT2D eigenvalue weighted by atomic mass is 16.5. The average molecular weight is 285 g/mol. The fourth-order valence-electron chi connectivity index (χ4n) is 2.57. The van der Waals surface area contributed by atoms with Gasteiger partial charge in [0.25, 0.3) is 0 Å². The third-order valence-electron chi connectivity index (χ3n) is 3.74. The number of hydrogen-bond donors (Lipinski definition) is 2. The van der Waals surface area contributed by atoms with Crippen LogP contribution in [0.25, 0.3) is 0 Å². The lowest BCUT2D eigenvalue weighted by Crippen LogP contribution is -2.24. The molecule has 0 bridgehead atoms. The summed E-state index contributed by atoms with van der Waals surface area (Å²) in [6.45, 7) is 4.26. The number of aromatic hydroxyl groups is 1. The summed E-state index contributed by atoms with van der Waals surface area (Å²) in [7, 11) is 1.70. The molecule has 2 aromatic rings. The largest absolute Gasteiger partial charge is 0.508 e. The first-order valence-corrected chi connectivity index (χ1v) is 7.33. The Morgan fingerprint density at radius 3 is 2.57 bits per heavy atom. The van der Waals surface area contributed by atoms with Gasteiger partial charge >= 0.3 is 0 Å². The number of ether oxygens (including phenoxy) is 1. The molecule has 2 aromatic carbocycles. The monoisotopic (exact) mass is 285 g/mol. The molecule has 0 heterocycles. The first-order chi connectivity index (χ1) is 10.2. The van der Waals surface area contributed by atoms with Crippen LogP contribution in [0.3, 0.4) is 0 Å². The molecule has 2 rings (SSSR count). The quantitative estimate of drug-likeness (QED) is 0.835. The predicted molar refractivity (Wildman–Crippen MR) is 85.7 cm³/mol. The van der Waals surface area contributed by atoms with Crippen molar-refractivity contribution in [2.24, 2.45) is 0 Å². The number of benzene rings is 2. The standard InChI is InChI=1S/C18H23NO2/c1-4-17(16-10-5-6-11-18(16)21-3)19-13(2)14-8-7-9-15(20)12-14/h5-13,17,19-20H,4H2,1-3H3. The van der Waals surface area contributed by atoms with Crippen LogP contribution in [0.5, 0.6) is 11.5 Å². The van der Waals surface area contributed by atoms with Crippen LogP contribution in [0.1, 0.15) is 43.5 Å². The molecule has 0 aliphatic heterocycles. The molecule has 0 radical (unpaired) electrons. The van der Waals surface area contributed by atoms with Crippen molar-refractivity contribution in [2.45, 2.75) is 32.4 Å². The van der Waals surface area contributed by atoms with Gasteiger partial charge in [-0.15, -0.1) is 0 Å². The van der Waals surface area contributed by atoms with E-state index in [1.807, 2.05) is 30.3 Å². The van der Waals surface area contributed by atoms with Crippen molar-refractivity contribution in [2.75, 3.05) is 7.11 Å². The molecule has 21 heavy (non-hydrogen) atoms. The Morgan fingerprint density at radius 2 is 1.90 bits per heavy atom. The van der Waals surface area contributed by atoms with E-state index in [0.29, 0.717) is 5.75 Å². The van der Waals surface area contributed by atoms with E-state index < -0.39 is 0 Å². The van der Waals surface area contributed by atoms with Crippen molar-refractivity contribution in [1.29, 1.82) is 0 Å². The summed E-state index contributed by atoms with van der Waals surface area (Å²) in [5, 5.41) is 13.2. The Hall–Kier alpha value is -2.00. The van der Waals surface area contributed by atoms with Crippen LogP contribution in [0.4, 0.5) is 0 Å². The van der Waals surface area contributed by atoms with Gasteiger partial charge in [0, 0.05) is 17.6 Å². The van der Waals surface area contributed by atoms with Gasteiger partial charge in [-0.25, -0.2) is 0 Å². The molecule has 2 N–H and O–H groups in total. The Bertz CT molecular complexity index is 583. The number of phenolic OH excluding ortho intramolecular Hbond substituents is 1. The maximum absolute atomic E-state index is 9.60. The molecule has 0 aliphatic carbocycles. The van der Waals surface area contributed by atoms with Crippen LogP contribution >= 0.6 is 0 Å². The number of nitrogens with one attached hydrogen (secondary N) is 1. The van der Waals surface area contributed by atoms with Gasteiger partial charge in [-0.2, -0.15) is 0 Å². The zero-order chi connectivity index (χ0) is 15.2. The third-order valence-corrected chi connectivity index (χ3v) is 3.74. The Kier molecular flexibility index (Phi) is 5.23. The fourth-order valence-corrected chi connectivity index (χ4v) is 2.57. The summed E-state index contributed by atoms with van der Waals surface area (Å²) in [4.78, 5) is 0. The highest BCUT2D eigenvalue weighted by Crippen LogP contribution is 2.29. The number of para-hydroxylation sites is 1. The van der Waals surface area contributed by atoms with Gasteiger partial charge < -0.3 is 15.2 Å². The summed E-state index contributed by atoms with van der Waals surface area (Å²) in [5.74, 6) is 1.20. The molecule has 112 valence electrons. The predicted octanol–water partition coefficient (Wildman–Crippen LogP) is 4.20. The highest BCUT2D eigenvalue weighted by Gasteiger charge is 2.17. The first-order valence-electron chi connectivity index (χ1n) is 7.33. The van der Waals surface area contributed by atoms with E-state index in [4.69, 9.17) is 4.74 Å². The van der Waals surface area contributed by atoms with E-state index in [0.717, 1.165) is 23.3 Å². The second-order valence-corrected chi connectivity index (χ2v) is 5.19. The molecule has 3 heteroatoms. The van der Waals surface area contributed by atoms with E-state index in [1.54, 1.807) is 19.2 Å². The Morgan fingerprint density at radius 1 is 1.14 bits per heavy atom. The van der Waals surface area contributed by atoms with Crippen LogP contribution in [-0.4, -0.2) is 12.2 Å². The van der Waals surface area contributed by atoms with Gasteiger partial charge in [-0.05, 0) is 37.1 Å². The molecular weight excluding hydrogens is 262 g/mol. The van der Waals surface area contributed by atoms with Crippen LogP contribution in [0, 0.1) is 0 Å². The van der Waals surface area contributed by atoms with Crippen LogP contribution in [0.2, 0.25) is 0 Å². The summed E-state index contributed by atoms with van der Waals surface area (Å²) in [5.41, 5.74) is 2.23. The molecule has 0 spiro atoms. The SMILES string of the molecule is CCC(NC(C)c1cccc(O)c1)c1ccccc1OC. The lowest BCUT2D eigenvalue weighted by atomic mass is 10.0. The van der Waals surface area contributed by atoms with Gasteiger partial charge in [0.15, 0.2) is 0 Å². The second-order valence-electron chi connectivity index (χ2n) is 5.19. The van der Waals surface area contributed by atoms with Crippen LogP contribution < -0.4 is 10.1 Å². The average Bonchev–Trinajstić information content (AvgIpc) is 2.52. The first kappa shape index (κ1) is 15.4. The maximum atomic E-state index is 9.60. The topological polar surface area (TPSA) is 41.5 Å². The Labute approximate surface area is 126 Å². The second kappa shape index (κ2) is 7.14. The van der Waals surface area contributed by atoms with Gasteiger partial charge in [0.2, 0.25) is 0 Å². The van der Waals surface area contributed by atoms with Gasteiger partial charge in [0.05, 0.1) is 7.11 Å². The zero-order valence-corrected chi connectivity index (χ0v) is 12.8. The van der Waals surface area contributed by atoms with E-state index in [1.165, 1.54) is 0 Å². The van der Waals surface area contributed by atoms with Crippen molar-refractivity contribution in [3.63, 3.8) is 0 Å².